The topological polar surface area (TPSA) is 98.2 Å². The Hall–Kier alpha value is -4.14. The summed E-state index contributed by atoms with van der Waals surface area (Å²) in [5, 5.41) is 2.97. The van der Waals surface area contributed by atoms with E-state index in [1.54, 1.807) is 43.5 Å². The minimum atomic E-state index is -0.220. The maximum atomic E-state index is 13.6. The van der Waals surface area contributed by atoms with Crippen LogP contribution in [0.2, 0.25) is 0 Å². The molecule has 0 aromatic carbocycles. The number of carbonyl (C=O) groups excluding carboxylic acids is 1. The summed E-state index contributed by atoms with van der Waals surface area (Å²) in [6, 6.07) is 5.89. The molecule has 1 aliphatic heterocycles. The third kappa shape index (κ3) is 3.85. The van der Waals surface area contributed by atoms with Gasteiger partial charge in [-0.15, -0.1) is 0 Å². The Bertz CT molecular complexity index is 1620. The molecule has 0 unspecified atom stereocenters. The first-order valence-electron chi connectivity index (χ1n) is 12.4. The summed E-state index contributed by atoms with van der Waals surface area (Å²) in [4.78, 5) is 36.8. The van der Waals surface area contributed by atoms with Crippen LogP contribution < -0.4 is 15.8 Å². The highest BCUT2D eigenvalue weighted by molar-refractivity contribution is 6.06. The van der Waals surface area contributed by atoms with Crippen LogP contribution in [0.3, 0.4) is 0 Å². The van der Waals surface area contributed by atoms with E-state index in [9.17, 15) is 9.59 Å². The highest BCUT2D eigenvalue weighted by Crippen LogP contribution is 2.40. The number of oxazole rings is 1. The number of pyridine rings is 2. The van der Waals surface area contributed by atoms with Crippen LogP contribution >= 0.6 is 0 Å². The van der Waals surface area contributed by atoms with Crippen molar-refractivity contribution in [2.45, 2.75) is 40.2 Å². The summed E-state index contributed by atoms with van der Waals surface area (Å²) >= 11 is 0. The van der Waals surface area contributed by atoms with Crippen LogP contribution in [-0.2, 0) is 26.4 Å². The zero-order valence-corrected chi connectivity index (χ0v) is 21.5. The van der Waals surface area contributed by atoms with E-state index in [2.05, 4.69) is 46.7 Å². The lowest BCUT2D eigenvalue weighted by atomic mass is 9.90. The summed E-state index contributed by atoms with van der Waals surface area (Å²) in [7, 11) is 1.69. The van der Waals surface area contributed by atoms with E-state index in [4.69, 9.17) is 4.42 Å². The Morgan fingerprint density at radius 2 is 1.95 bits per heavy atom. The molecule has 1 amide bonds. The van der Waals surface area contributed by atoms with Gasteiger partial charge in [-0.2, -0.15) is 0 Å². The zero-order chi connectivity index (χ0) is 26.1. The summed E-state index contributed by atoms with van der Waals surface area (Å²) in [5.74, 6) is 1.11. The number of rotatable bonds is 4. The quantitative estimate of drug-likeness (QED) is 0.453. The van der Waals surface area contributed by atoms with Crippen LogP contribution in [0.1, 0.15) is 46.9 Å². The Kier molecular flexibility index (Phi) is 5.15. The summed E-state index contributed by atoms with van der Waals surface area (Å²) < 4.78 is 9.17. The fourth-order valence-corrected chi connectivity index (χ4v) is 5.57. The van der Waals surface area contributed by atoms with E-state index in [1.807, 2.05) is 6.07 Å². The number of carbonyl (C=O) groups is 1. The van der Waals surface area contributed by atoms with E-state index in [0.717, 1.165) is 30.5 Å². The van der Waals surface area contributed by atoms with E-state index in [0.29, 0.717) is 35.1 Å². The van der Waals surface area contributed by atoms with Gasteiger partial charge in [0.2, 0.25) is 0 Å². The van der Waals surface area contributed by atoms with Crippen molar-refractivity contribution in [3.8, 4) is 11.1 Å². The fourth-order valence-electron chi connectivity index (χ4n) is 5.57. The second kappa shape index (κ2) is 8.19. The van der Waals surface area contributed by atoms with Gasteiger partial charge in [-0.25, -0.2) is 9.97 Å². The molecule has 6 rings (SSSR count). The van der Waals surface area contributed by atoms with Crippen molar-refractivity contribution >= 4 is 23.4 Å². The van der Waals surface area contributed by atoms with Crippen LogP contribution in [-0.4, -0.2) is 31.6 Å². The molecule has 0 saturated carbocycles. The maximum Gasteiger partial charge on any atom is 0.299 e. The molecule has 0 atom stereocenters. The van der Waals surface area contributed by atoms with Crippen LogP contribution in [0.5, 0.6) is 0 Å². The molecule has 1 radical (unpaired) electrons. The Morgan fingerprint density at radius 1 is 1.14 bits per heavy atom. The lowest BCUT2D eigenvalue weighted by molar-refractivity contribution is 0.0963. The average Bonchev–Trinajstić information content (AvgIpc) is 3.49. The van der Waals surface area contributed by atoms with Gasteiger partial charge in [-0.05, 0) is 61.4 Å². The van der Waals surface area contributed by atoms with Gasteiger partial charge in [0.05, 0.1) is 6.20 Å². The van der Waals surface area contributed by atoms with Crippen molar-refractivity contribution in [3.05, 3.63) is 82.3 Å². The lowest BCUT2D eigenvalue weighted by Gasteiger charge is -2.30. The van der Waals surface area contributed by atoms with Crippen molar-refractivity contribution in [1.82, 2.24) is 19.1 Å². The molecular formula is C28H29N6O3. The first-order valence-corrected chi connectivity index (χ1v) is 12.4. The van der Waals surface area contributed by atoms with Gasteiger partial charge in [-0.3, -0.25) is 14.5 Å². The minimum Gasteiger partial charge on any atom is -0.429 e. The minimum absolute atomic E-state index is 0.0601. The average molecular weight is 498 g/mol. The molecule has 0 saturated heterocycles. The molecule has 5 heterocycles. The predicted octanol–water partition coefficient (Wildman–Crippen LogP) is 4.26. The molecule has 0 bridgehead atoms. The van der Waals surface area contributed by atoms with Gasteiger partial charge in [-0.1, -0.05) is 13.8 Å². The van der Waals surface area contributed by atoms with Gasteiger partial charge < -0.3 is 18.9 Å². The number of fused-ring (bicyclic) bond motifs is 3. The number of amides is 1. The molecule has 189 valence electrons. The largest absolute Gasteiger partial charge is 0.429 e. The third-order valence-corrected chi connectivity index (χ3v) is 7.27. The van der Waals surface area contributed by atoms with E-state index in [-0.39, 0.29) is 22.9 Å². The Balaban J connectivity index is 1.35. The fraction of sp³-hybridized carbons (Fsp3) is 0.321. The molecule has 4 aromatic heterocycles. The van der Waals surface area contributed by atoms with Crippen molar-refractivity contribution in [2.24, 2.45) is 12.5 Å². The number of anilines is 3. The highest BCUT2D eigenvalue weighted by Gasteiger charge is 2.37. The second-order valence-corrected chi connectivity index (χ2v) is 10.7. The predicted molar refractivity (Wildman–Crippen MR) is 141 cm³/mol. The second-order valence-electron chi connectivity index (χ2n) is 10.7. The van der Waals surface area contributed by atoms with Gasteiger partial charge in [0.15, 0.2) is 0 Å². The smallest absolute Gasteiger partial charge is 0.299 e. The number of nitrogens with zero attached hydrogens (tertiary/aromatic N) is 5. The van der Waals surface area contributed by atoms with Crippen LogP contribution in [0.25, 0.3) is 11.1 Å². The molecule has 0 spiro atoms. The number of hydrogen-bond acceptors (Lipinski definition) is 6. The van der Waals surface area contributed by atoms with E-state index in [1.165, 1.54) is 15.8 Å². The van der Waals surface area contributed by atoms with Gasteiger partial charge in [0.1, 0.15) is 23.0 Å². The number of aryl methyl sites for hydroxylation is 2. The summed E-state index contributed by atoms with van der Waals surface area (Å²) in [5.41, 5.74) is 5.79. The number of hydrogen-bond donors (Lipinski definition) is 1. The van der Waals surface area contributed by atoms with E-state index >= 15 is 0 Å². The van der Waals surface area contributed by atoms with Gasteiger partial charge in [0, 0.05) is 49.4 Å². The van der Waals surface area contributed by atoms with Gasteiger partial charge >= 0.3 is 0 Å². The molecular weight excluding hydrogens is 468 g/mol. The van der Waals surface area contributed by atoms with Crippen molar-refractivity contribution in [3.63, 3.8) is 0 Å². The molecule has 0 fully saturated rings. The first-order chi connectivity index (χ1) is 17.6. The van der Waals surface area contributed by atoms with E-state index < -0.39 is 0 Å². The van der Waals surface area contributed by atoms with Crippen molar-refractivity contribution in [1.29, 1.82) is 0 Å². The molecule has 2 aliphatic rings. The number of nitrogens with one attached hydrogen (secondary N) is 1. The highest BCUT2D eigenvalue weighted by atomic mass is 16.4. The lowest BCUT2D eigenvalue weighted by Crippen LogP contribution is -2.41. The molecule has 37 heavy (non-hydrogen) atoms. The van der Waals surface area contributed by atoms with Crippen LogP contribution in [0.4, 0.5) is 17.5 Å². The molecule has 4 aromatic rings. The Morgan fingerprint density at radius 3 is 2.70 bits per heavy atom. The molecule has 9 nitrogen and oxygen atoms in total. The molecule has 1 aliphatic carbocycles. The number of aromatic nitrogens is 4. The molecule has 1 N–H and O–H groups in total. The summed E-state index contributed by atoms with van der Waals surface area (Å²) in [6.07, 6.45) is 6.98. The zero-order valence-electron chi connectivity index (χ0n) is 21.5. The normalized spacial score (nSPS) is 16.1. The standard InChI is InChI=1S/C28H29N6O3/c1-16-14-30-27(37-16)31-21-10-19(15-32(5)25(21)35)20-6-7-29-24(17(20)2)34-9-8-33-22(26(34)36)11-18-12-28(3,4)13-23(18)33/h6-7,10-11,14-15H,2,8-9,12-13H2,1,3-5H3,(H,30,31). The van der Waals surface area contributed by atoms with Crippen LogP contribution in [0, 0.1) is 19.3 Å². The first kappa shape index (κ1) is 23.3. The van der Waals surface area contributed by atoms with Crippen molar-refractivity contribution in [2.75, 3.05) is 16.8 Å². The summed E-state index contributed by atoms with van der Waals surface area (Å²) in [6.45, 7) is 11.9. The Labute approximate surface area is 214 Å². The maximum absolute atomic E-state index is 13.6. The van der Waals surface area contributed by atoms with Gasteiger partial charge in [0.25, 0.3) is 17.5 Å². The SMILES string of the molecule is [CH2]c1c(-c2cc(Nc3ncc(C)o3)c(=O)n(C)c2)ccnc1N1CCn2c(cc3c2CC(C)(C)C3)C1=O. The third-order valence-electron chi connectivity index (χ3n) is 7.27. The molecule has 9 heteroatoms. The van der Waals surface area contributed by atoms with Crippen molar-refractivity contribution < 1.29 is 9.21 Å². The van der Waals surface area contributed by atoms with Crippen LogP contribution in [0.15, 0.2) is 46.0 Å². The monoisotopic (exact) mass is 497 g/mol.